The summed E-state index contributed by atoms with van der Waals surface area (Å²) in [5.41, 5.74) is 2.03. The van der Waals surface area contributed by atoms with Crippen LogP contribution in [0.15, 0.2) is 48.5 Å². The molecular weight excluding hydrogens is 443 g/mol. The van der Waals surface area contributed by atoms with Gasteiger partial charge in [0.15, 0.2) is 11.5 Å². The maximum atomic E-state index is 13.3. The van der Waals surface area contributed by atoms with Gasteiger partial charge in [0.2, 0.25) is 0 Å². The first-order valence-electron chi connectivity index (χ1n) is 8.49. The fraction of sp³-hybridized carbons (Fsp3) is 0.143. The summed E-state index contributed by atoms with van der Waals surface area (Å²) in [6.07, 6.45) is 0. The summed E-state index contributed by atoms with van der Waals surface area (Å²) in [6.45, 7) is 0.485. The second-order valence-corrected chi connectivity index (χ2v) is 7.32. The molecule has 0 amide bonds. The molecule has 0 fully saturated rings. The maximum Gasteiger partial charge on any atom is 0.163 e. The molecule has 0 atom stereocenters. The van der Waals surface area contributed by atoms with Gasteiger partial charge in [0.05, 0.1) is 17.2 Å². The van der Waals surface area contributed by atoms with Crippen molar-refractivity contribution in [2.24, 2.45) is 0 Å². The number of hydrogen-bond donors (Lipinski definition) is 1. The molecule has 0 unspecified atom stereocenters. The Hall–Kier alpha value is -2.21. The van der Waals surface area contributed by atoms with Crippen molar-refractivity contribution in [3.8, 4) is 11.5 Å². The Morgan fingerprint density at radius 2 is 1.59 bits per heavy atom. The molecule has 152 valence electrons. The monoisotopic (exact) mass is 457 g/mol. The number of benzene rings is 3. The van der Waals surface area contributed by atoms with Gasteiger partial charge >= 0.3 is 0 Å². The lowest BCUT2D eigenvalue weighted by Crippen LogP contribution is -2.03. The zero-order valence-electron chi connectivity index (χ0n) is 15.2. The first-order valence-corrected chi connectivity index (χ1v) is 9.63. The van der Waals surface area contributed by atoms with Gasteiger partial charge in [-0.1, -0.05) is 40.9 Å². The van der Waals surface area contributed by atoms with Crippen LogP contribution in [0.4, 0.5) is 14.5 Å². The quantitative estimate of drug-likeness (QED) is 0.409. The molecular formula is C21H16Cl3F2NO2. The number of methoxy groups -OCH3 is 1. The average Bonchev–Trinajstić information content (AvgIpc) is 2.69. The van der Waals surface area contributed by atoms with Gasteiger partial charge in [-0.2, -0.15) is 0 Å². The Bertz CT molecular complexity index is 1030. The van der Waals surface area contributed by atoms with Gasteiger partial charge in [-0.3, -0.25) is 0 Å². The van der Waals surface area contributed by atoms with Crippen LogP contribution in [-0.4, -0.2) is 7.11 Å². The van der Waals surface area contributed by atoms with Gasteiger partial charge in [-0.15, -0.1) is 0 Å². The highest BCUT2D eigenvalue weighted by atomic mass is 35.5. The summed E-state index contributed by atoms with van der Waals surface area (Å²) in [7, 11) is 1.51. The standard InChI is InChI=1S/C21H16Cl3F2NO2/c1-28-20-6-13(10-27-15-4-5-19(26)18(24)8-15)17(23)9-21(20)29-11-12-2-3-14(25)7-16(12)22/h2-9,27H,10-11H2,1H3. The highest BCUT2D eigenvalue weighted by molar-refractivity contribution is 6.32. The van der Waals surface area contributed by atoms with Gasteiger partial charge in [0, 0.05) is 28.9 Å². The summed E-state index contributed by atoms with van der Waals surface area (Å²) in [5.74, 6) is -0.00797. The van der Waals surface area contributed by atoms with E-state index < -0.39 is 11.6 Å². The van der Waals surface area contributed by atoms with Crippen LogP contribution >= 0.6 is 34.8 Å². The number of halogens is 5. The van der Waals surface area contributed by atoms with Gasteiger partial charge in [0.25, 0.3) is 0 Å². The van der Waals surface area contributed by atoms with Gasteiger partial charge in [-0.05, 0) is 42.0 Å². The Balaban J connectivity index is 1.73. The minimum atomic E-state index is -0.486. The van der Waals surface area contributed by atoms with E-state index in [1.54, 1.807) is 24.3 Å². The van der Waals surface area contributed by atoms with Crippen LogP contribution in [0.25, 0.3) is 0 Å². The first kappa shape index (κ1) is 21.5. The van der Waals surface area contributed by atoms with E-state index >= 15 is 0 Å². The van der Waals surface area contributed by atoms with E-state index in [0.29, 0.717) is 34.3 Å². The first-order chi connectivity index (χ1) is 13.9. The number of anilines is 1. The number of hydrogen-bond acceptors (Lipinski definition) is 3. The molecule has 29 heavy (non-hydrogen) atoms. The topological polar surface area (TPSA) is 30.5 Å². The summed E-state index contributed by atoms with van der Waals surface area (Å²) >= 11 is 18.2. The third kappa shape index (κ3) is 5.44. The minimum Gasteiger partial charge on any atom is -0.493 e. The zero-order chi connectivity index (χ0) is 21.0. The molecule has 0 aliphatic carbocycles. The third-order valence-electron chi connectivity index (χ3n) is 4.13. The molecule has 8 heteroatoms. The van der Waals surface area contributed by atoms with Crippen molar-refractivity contribution in [1.82, 2.24) is 0 Å². The van der Waals surface area contributed by atoms with Crippen LogP contribution in [0.3, 0.4) is 0 Å². The van der Waals surface area contributed by atoms with Crippen molar-refractivity contribution in [2.45, 2.75) is 13.2 Å². The van der Waals surface area contributed by atoms with E-state index in [9.17, 15) is 8.78 Å². The van der Waals surface area contributed by atoms with E-state index in [-0.39, 0.29) is 16.7 Å². The maximum absolute atomic E-state index is 13.3. The van der Waals surface area contributed by atoms with Crippen LogP contribution in [0.2, 0.25) is 15.1 Å². The van der Waals surface area contributed by atoms with E-state index in [0.717, 1.165) is 5.56 Å². The van der Waals surface area contributed by atoms with Gasteiger partial charge in [0.1, 0.15) is 18.2 Å². The Labute approximate surface area is 182 Å². The summed E-state index contributed by atoms with van der Waals surface area (Å²) in [6, 6.07) is 11.8. The summed E-state index contributed by atoms with van der Waals surface area (Å²) < 4.78 is 37.6. The fourth-order valence-electron chi connectivity index (χ4n) is 2.58. The summed E-state index contributed by atoms with van der Waals surface area (Å²) in [5, 5.41) is 3.88. The molecule has 1 N–H and O–H groups in total. The van der Waals surface area contributed by atoms with Crippen LogP contribution in [0.1, 0.15) is 11.1 Å². The molecule has 0 radical (unpaired) electrons. The number of rotatable bonds is 7. The third-order valence-corrected chi connectivity index (χ3v) is 5.13. The number of nitrogens with one attached hydrogen (secondary N) is 1. The lowest BCUT2D eigenvalue weighted by Gasteiger charge is -2.15. The average molecular weight is 459 g/mol. The van der Waals surface area contributed by atoms with E-state index in [4.69, 9.17) is 44.3 Å². The van der Waals surface area contributed by atoms with Crippen molar-refractivity contribution in [3.05, 3.63) is 86.4 Å². The van der Waals surface area contributed by atoms with Crippen LogP contribution < -0.4 is 14.8 Å². The smallest absolute Gasteiger partial charge is 0.163 e. The van der Waals surface area contributed by atoms with Gasteiger partial charge < -0.3 is 14.8 Å². The van der Waals surface area contributed by atoms with Gasteiger partial charge in [-0.25, -0.2) is 8.78 Å². The molecule has 0 saturated carbocycles. The predicted molar refractivity (Wildman–Crippen MR) is 112 cm³/mol. The fourth-order valence-corrected chi connectivity index (χ4v) is 3.21. The minimum absolute atomic E-state index is 0.0295. The molecule has 3 aromatic rings. The highest BCUT2D eigenvalue weighted by Gasteiger charge is 2.12. The lowest BCUT2D eigenvalue weighted by atomic mass is 10.2. The second kappa shape index (κ2) is 9.53. The van der Waals surface area contributed by atoms with E-state index in [2.05, 4.69) is 5.32 Å². The van der Waals surface area contributed by atoms with Crippen molar-refractivity contribution < 1.29 is 18.3 Å². The van der Waals surface area contributed by atoms with Crippen LogP contribution in [0.5, 0.6) is 11.5 Å². The molecule has 3 nitrogen and oxygen atoms in total. The van der Waals surface area contributed by atoms with Crippen molar-refractivity contribution in [3.63, 3.8) is 0 Å². The Kier molecular flexibility index (Phi) is 7.06. The molecule has 0 spiro atoms. The van der Waals surface area contributed by atoms with Crippen LogP contribution in [0, 0.1) is 11.6 Å². The Morgan fingerprint density at radius 3 is 2.28 bits per heavy atom. The summed E-state index contributed by atoms with van der Waals surface area (Å²) in [4.78, 5) is 0. The molecule has 0 bridgehead atoms. The molecule has 0 aliphatic rings. The predicted octanol–water partition coefficient (Wildman–Crippen LogP) is 7.12. The van der Waals surface area contributed by atoms with Crippen molar-refractivity contribution in [1.29, 1.82) is 0 Å². The molecule has 0 saturated heterocycles. The lowest BCUT2D eigenvalue weighted by molar-refractivity contribution is 0.284. The van der Waals surface area contributed by atoms with E-state index in [1.165, 1.54) is 31.4 Å². The molecule has 0 heterocycles. The normalized spacial score (nSPS) is 10.7. The number of ether oxygens (including phenoxy) is 2. The molecule has 0 aliphatic heterocycles. The molecule has 3 aromatic carbocycles. The second-order valence-electron chi connectivity index (χ2n) is 6.10. The molecule has 3 rings (SSSR count). The van der Waals surface area contributed by atoms with E-state index in [1.807, 2.05) is 0 Å². The van der Waals surface area contributed by atoms with Crippen LogP contribution in [-0.2, 0) is 13.2 Å². The zero-order valence-corrected chi connectivity index (χ0v) is 17.5. The SMILES string of the molecule is COc1cc(CNc2ccc(F)c(Cl)c2)c(Cl)cc1OCc1ccc(F)cc1Cl. The highest BCUT2D eigenvalue weighted by Crippen LogP contribution is 2.35. The molecule has 0 aromatic heterocycles. The van der Waals surface area contributed by atoms with Crippen molar-refractivity contribution in [2.75, 3.05) is 12.4 Å². The van der Waals surface area contributed by atoms with Crippen molar-refractivity contribution >= 4 is 40.5 Å². The Morgan fingerprint density at radius 1 is 0.828 bits per heavy atom. The largest absolute Gasteiger partial charge is 0.493 e.